The Kier molecular flexibility index (Phi) is 3.19. The maximum absolute atomic E-state index is 12.3. The second-order valence-corrected chi connectivity index (χ2v) is 3.75. The molecule has 2 aromatic rings. The maximum Gasteiger partial charge on any atom is 0.256 e. The molecule has 1 aromatic carbocycles. The fraction of sp³-hybridized carbons (Fsp3) is 0.333. The summed E-state index contributed by atoms with van der Waals surface area (Å²) in [6, 6.07) is 7.61. The largest absolute Gasteiger partial charge is 0.342 e. The summed E-state index contributed by atoms with van der Waals surface area (Å²) < 4.78 is 26.3. The van der Waals surface area contributed by atoms with Gasteiger partial charge in [-0.3, -0.25) is 0 Å². The van der Waals surface area contributed by atoms with Crippen molar-refractivity contribution in [3.8, 4) is 0 Å². The topological polar surface area (TPSA) is 30.9 Å². The van der Waals surface area contributed by atoms with E-state index < -0.39 is 6.43 Å². The molecule has 0 aliphatic carbocycles. The third-order valence-electron chi connectivity index (χ3n) is 2.65. The number of nitrogens with two attached hydrogens (primary N) is 1. The van der Waals surface area contributed by atoms with E-state index in [9.17, 15) is 8.78 Å². The van der Waals surface area contributed by atoms with E-state index in [4.69, 9.17) is 5.73 Å². The van der Waals surface area contributed by atoms with Crippen LogP contribution < -0.4 is 5.73 Å². The molecule has 4 heteroatoms. The molecule has 0 atom stereocenters. The predicted octanol–water partition coefficient (Wildman–Crippen LogP) is 2.41. The number of rotatable bonds is 4. The summed E-state index contributed by atoms with van der Waals surface area (Å²) in [7, 11) is 0. The van der Waals surface area contributed by atoms with Gasteiger partial charge in [-0.05, 0) is 30.7 Å². The van der Waals surface area contributed by atoms with Gasteiger partial charge >= 0.3 is 0 Å². The highest BCUT2D eigenvalue weighted by molar-refractivity contribution is 5.83. The van der Waals surface area contributed by atoms with E-state index in [1.165, 1.54) is 0 Å². The number of halogens is 2. The van der Waals surface area contributed by atoms with E-state index in [0.717, 1.165) is 22.9 Å². The molecule has 0 bridgehead atoms. The summed E-state index contributed by atoms with van der Waals surface area (Å²) >= 11 is 0. The van der Waals surface area contributed by atoms with Crippen LogP contribution in [0.15, 0.2) is 30.5 Å². The Hall–Kier alpha value is -1.42. The average Bonchev–Trinajstić information content (AvgIpc) is 2.63. The van der Waals surface area contributed by atoms with Gasteiger partial charge in [-0.15, -0.1) is 0 Å². The van der Waals surface area contributed by atoms with Crippen LogP contribution in [0, 0.1) is 0 Å². The van der Waals surface area contributed by atoms with Crippen LogP contribution in [-0.2, 0) is 13.0 Å². The summed E-state index contributed by atoms with van der Waals surface area (Å²) in [5.74, 6) is 0. The van der Waals surface area contributed by atoms with Crippen molar-refractivity contribution in [3.05, 3.63) is 36.0 Å². The monoisotopic (exact) mass is 224 g/mol. The first-order chi connectivity index (χ1) is 7.72. The lowest BCUT2D eigenvalue weighted by Crippen LogP contribution is -2.05. The van der Waals surface area contributed by atoms with Crippen LogP contribution in [0.4, 0.5) is 8.78 Å². The Morgan fingerprint density at radius 1 is 1.25 bits per heavy atom. The summed E-state index contributed by atoms with van der Waals surface area (Å²) in [6.45, 7) is 0.314. The molecule has 0 radical (unpaired) electrons. The molecule has 1 heterocycles. The minimum absolute atomic E-state index is 0.254. The van der Waals surface area contributed by atoms with Crippen molar-refractivity contribution in [1.29, 1.82) is 0 Å². The molecule has 0 saturated carbocycles. The molecule has 86 valence electrons. The number of aromatic nitrogens is 1. The Labute approximate surface area is 92.7 Å². The highest BCUT2D eigenvalue weighted by atomic mass is 19.3. The minimum atomic E-state index is -2.33. The number of hydrogen-bond acceptors (Lipinski definition) is 1. The van der Waals surface area contributed by atoms with Gasteiger partial charge in [0.2, 0.25) is 0 Å². The second-order valence-electron chi connectivity index (χ2n) is 3.75. The van der Waals surface area contributed by atoms with Crippen LogP contribution in [0.5, 0.6) is 0 Å². The van der Waals surface area contributed by atoms with Crippen LogP contribution in [0.1, 0.15) is 5.56 Å². The third-order valence-corrected chi connectivity index (χ3v) is 2.65. The first kappa shape index (κ1) is 11.1. The van der Waals surface area contributed by atoms with Crippen molar-refractivity contribution >= 4 is 10.9 Å². The Balaban J connectivity index is 2.44. The molecule has 0 aliphatic heterocycles. The van der Waals surface area contributed by atoms with E-state index in [1.807, 2.05) is 24.3 Å². The van der Waals surface area contributed by atoms with E-state index in [0.29, 0.717) is 6.54 Å². The third kappa shape index (κ3) is 2.07. The maximum atomic E-state index is 12.3. The van der Waals surface area contributed by atoms with Gasteiger partial charge in [-0.2, -0.15) is 0 Å². The zero-order valence-corrected chi connectivity index (χ0v) is 8.87. The molecule has 0 spiro atoms. The van der Waals surface area contributed by atoms with Gasteiger partial charge in [-0.1, -0.05) is 12.1 Å². The molecule has 0 unspecified atom stereocenters. The van der Waals surface area contributed by atoms with Gasteiger partial charge in [0.1, 0.15) is 0 Å². The molecular weight excluding hydrogens is 210 g/mol. The predicted molar refractivity (Wildman–Crippen MR) is 60.7 cm³/mol. The van der Waals surface area contributed by atoms with Crippen molar-refractivity contribution in [3.63, 3.8) is 0 Å². The SMILES string of the molecule is NCCc1cccc2c1ccn2CC(F)F. The van der Waals surface area contributed by atoms with Gasteiger partial charge in [0.05, 0.1) is 6.54 Å². The lowest BCUT2D eigenvalue weighted by Gasteiger charge is -2.06. The second kappa shape index (κ2) is 4.61. The van der Waals surface area contributed by atoms with Crippen LogP contribution in [0.25, 0.3) is 10.9 Å². The molecule has 2 nitrogen and oxygen atoms in total. The summed E-state index contributed by atoms with van der Waals surface area (Å²) in [5, 5.41) is 1.02. The quantitative estimate of drug-likeness (QED) is 0.849. The van der Waals surface area contributed by atoms with Gasteiger partial charge in [0.15, 0.2) is 0 Å². The lowest BCUT2D eigenvalue weighted by atomic mass is 10.1. The first-order valence-electron chi connectivity index (χ1n) is 5.27. The van der Waals surface area contributed by atoms with Crippen molar-refractivity contribution in [2.24, 2.45) is 5.73 Å². The van der Waals surface area contributed by atoms with Crippen LogP contribution in [-0.4, -0.2) is 17.5 Å². The Morgan fingerprint density at radius 2 is 2.06 bits per heavy atom. The molecule has 16 heavy (non-hydrogen) atoms. The fourth-order valence-electron chi connectivity index (χ4n) is 1.97. The van der Waals surface area contributed by atoms with Crippen molar-refractivity contribution < 1.29 is 8.78 Å². The zero-order valence-electron chi connectivity index (χ0n) is 8.87. The van der Waals surface area contributed by atoms with Crippen molar-refractivity contribution in [2.75, 3.05) is 6.54 Å². The fourth-order valence-corrected chi connectivity index (χ4v) is 1.97. The van der Waals surface area contributed by atoms with Crippen molar-refractivity contribution in [2.45, 2.75) is 19.4 Å². The van der Waals surface area contributed by atoms with E-state index in [1.54, 1.807) is 10.8 Å². The summed E-state index contributed by atoms with van der Waals surface area (Å²) in [6.07, 6.45) is 0.154. The molecule has 1 aromatic heterocycles. The summed E-state index contributed by atoms with van der Waals surface area (Å²) in [4.78, 5) is 0. The number of alkyl halides is 2. The van der Waals surface area contributed by atoms with Gasteiger partial charge in [0, 0.05) is 17.1 Å². The summed E-state index contributed by atoms with van der Waals surface area (Å²) in [5.41, 5.74) is 7.48. The average molecular weight is 224 g/mol. The number of benzene rings is 1. The van der Waals surface area contributed by atoms with Gasteiger partial charge in [0.25, 0.3) is 6.43 Å². The van der Waals surface area contributed by atoms with Crippen LogP contribution >= 0.6 is 0 Å². The normalized spacial score (nSPS) is 11.5. The van der Waals surface area contributed by atoms with Crippen LogP contribution in [0.2, 0.25) is 0 Å². The van der Waals surface area contributed by atoms with E-state index in [-0.39, 0.29) is 6.54 Å². The molecule has 2 rings (SSSR count). The number of hydrogen-bond donors (Lipinski definition) is 1. The molecule has 2 N–H and O–H groups in total. The lowest BCUT2D eigenvalue weighted by molar-refractivity contribution is 0.128. The smallest absolute Gasteiger partial charge is 0.256 e. The molecule has 0 fully saturated rings. The van der Waals surface area contributed by atoms with Crippen molar-refractivity contribution in [1.82, 2.24) is 4.57 Å². The van der Waals surface area contributed by atoms with E-state index in [2.05, 4.69) is 0 Å². The standard InChI is InChI=1S/C12H14F2N2/c13-12(14)8-16-7-5-10-9(4-6-15)2-1-3-11(10)16/h1-3,5,7,12H,4,6,8,15H2. The Bertz CT molecular complexity index is 477. The molecule has 0 aliphatic rings. The first-order valence-corrected chi connectivity index (χ1v) is 5.27. The molecule has 0 saturated heterocycles. The Morgan fingerprint density at radius 3 is 2.75 bits per heavy atom. The van der Waals surface area contributed by atoms with Gasteiger partial charge < -0.3 is 10.3 Å². The molecule has 0 amide bonds. The zero-order chi connectivity index (χ0) is 11.5. The highest BCUT2D eigenvalue weighted by Crippen LogP contribution is 2.21. The van der Waals surface area contributed by atoms with Gasteiger partial charge in [-0.25, -0.2) is 8.78 Å². The van der Waals surface area contributed by atoms with E-state index >= 15 is 0 Å². The van der Waals surface area contributed by atoms with Crippen LogP contribution in [0.3, 0.4) is 0 Å². The number of nitrogens with zero attached hydrogens (tertiary/aromatic N) is 1. The highest BCUT2D eigenvalue weighted by Gasteiger charge is 2.08. The minimum Gasteiger partial charge on any atom is -0.342 e. The number of fused-ring (bicyclic) bond motifs is 1. The molecular formula is C12H14F2N2.